The van der Waals surface area contributed by atoms with Gasteiger partial charge in [0.25, 0.3) is 6.47 Å². The van der Waals surface area contributed by atoms with Gasteiger partial charge in [0, 0.05) is 17.3 Å². The summed E-state index contributed by atoms with van der Waals surface area (Å²) in [6.45, 7) is -0.250. The van der Waals surface area contributed by atoms with E-state index in [0.29, 0.717) is 0 Å². The number of hydrogen-bond donors (Lipinski definition) is 1. The second-order valence-electron chi connectivity index (χ2n) is 2.55. The topological polar surface area (TPSA) is 63.1 Å². The summed E-state index contributed by atoms with van der Waals surface area (Å²) in [4.78, 5) is 17.8. The van der Waals surface area contributed by atoms with Crippen molar-refractivity contribution in [3.8, 4) is 0 Å². The van der Waals surface area contributed by atoms with Crippen LogP contribution in [0.25, 0.3) is 0 Å². The molecule has 0 aliphatic heterocycles. The van der Waals surface area contributed by atoms with Crippen LogP contribution in [0, 0.1) is 0 Å². The van der Waals surface area contributed by atoms with Crippen molar-refractivity contribution in [2.45, 2.75) is 10.1 Å². The molecule has 0 spiro atoms. The van der Waals surface area contributed by atoms with E-state index < -0.39 is 0 Å². The molecule has 0 radical (unpaired) electrons. The molecule has 0 fully saturated rings. The first kappa shape index (κ1) is 12.2. The van der Waals surface area contributed by atoms with Gasteiger partial charge in [-0.05, 0) is 30.0 Å². The Morgan fingerprint density at radius 2 is 1.62 bits per heavy atom. The molecule has 0 saturated carbocycles. The summed E-state index contributed by atoms with van der Waals surface area (Å²) in [6.07, 6.45) is 3.50. The molecule has 0 bridgehead atoms. The average molecular weight is 234 g/mol. The van der Waals surface area contributed by atoms with E-state index in [1.807, 2.05) is 36.4 Å². The third-order valence-electron chi connectivity index (χ3n) is 1.49. The zero-order chi connectivity index (χ0) is 11.6. The summed E-state index contributed by atoms with van der Waals surface area (Å²) in [5.41, 5.74) is 0. The summed E-state index contributed by atoms with van der Waals surface area (Å²) in [6, 6.07) is 11.9. The van der Waals surface area contributed by atoms with Crippen LogP contribution >= 0.6 is 11.8 Å². The maximum absolute atomic E-state index is 8.36. The van der Waals surface area contributed by atoms with Gasteiger partial charge < -0.3 is 5.11 Å². The molecule has 4 nitrogen and oxygen atoms in total. The highest BCUT2D eigenvalue weighted by molar-refractivity contribution is 7.99. The summed E-state index contributed by atoms with van der Waals surface area (Å²) in [5, 5.41) is 7.67. The van der Waals surface area contributed by atoms with Crippen LogP contribution in [0.5, 0.6) is 0 Å². The number of benzene rings is 1. The average Bonchev–Trinajstić information content (AvgIpc) is 2.33. The first-order valence-electron chi connectivity index (χ1n) is 4.44. The van der Waals surface area contributed by atoms with E-state index in [1.165, 1.54) is 0 Å². The molecule has 0 aliphatic carbocycles. The van der Waals surface area contributed by atoms with Crippen molar-refractivity contribution in [3.05, 3.63) is 48.8 Å². The van der Waals surface area contributed by atoms with Crippen molar-refractivity contribution in [1.82, 2.24) is 9.97 Å². The number of aromatic nitrogens is 2. The third kappa shape index (κ3) is 4.56. The third-order valence-corrected chi connectivity index (χ3v) is 2.40. The van der Waals surface area contributed by atoms with Gasteiger partial charge in [0.2, 0.25) is 0 Å². The molecule has 0 aliphatic rings. The lowest BCUT2D eigenvalue weighted by Crippen LogP contribution is -1.82. The predicted octanol–water partition coefficient (Wildman–Crippen LogP) is 2.33. The Balaban J connectivity index is 0.000000386. The molecule has 0 amide bonds. The lowest BCUT2D eigenvalue weighted by Gasteiger charge is -1.97. The Hall–Kier alpha value is -1.88. The van der Waals surface area contributed by atoms with Gasteiger partial charge in [-0.25, -0.2) is 9.97 Å². The van der Waals surface area contributed by atoms with Crippen LogP contribution in [0.3, 0.4) is 0 Å². The second-order valence-corrected chi connectivity index (χ2v) is 3.59. The van der Waals surface area contributed by atoms with E-state index in [1.54, 1.807) is 24.2 Å². The van der Waals surface area contributed by atoms with Crippen LogP contribution in [-0.2, 0) is 4.79 Å². The number of nitrogens with zero attached hydrogens (tertiary/aromatic N) is 2. The van der Waals surface area contributed by atoms with Crippen molar-refractivity contribution in [3.63, 3.8) is 0 Å². The molecular weight excluding hydrogens is 224 g/mol. The van der Waals surface area contributed by atoms with Crippen molar-refractivity contribution in [2.75, 3.05) is 0 Å². The lowest BCUT2D eigenvalue weighted by atomic mass is 10.4. The van der Waals surface area contributed by atoms with Crippen LogP contribution in [-0.4, -0.2) is 21.5 Å². The molecule has 2 rings (SSSR count). The van der Waals surface area contributed by atoms with Gasteiger partial charge in [-0.2, -0.15) is 0 Å². The SMILES string of the molecule is O=CO.c1ccc(Sc2ncccn2)cc1. The number of hydrogen-bond acceptors (Lipinski definition) is 4. The lowest BCUT2D eigenvalue weighted by molar-refractivity contribution is -0.122. The number of carboxylic acid groups (broad SMARTS) is 1. The van der Waals surface area contributed by atoms with Crippen molar-refractivity contribution in [2.24, 2.45) is 0 Å². The molecular formula is C11H10N2O2S. The maximum atomic E-state index is 8.36. The molecule has 1 heterocycles. The molecule has 16 heavy (non-hydrogen) atoms. The van der Waals surface area contributed by atoms with Gasteiger partial charge in [0.05, 0.1) is 0 Å². The molecule has 82 valence electrons. The first-order valence-corrected chi connectivity index (χ1v) is 5.26. The van der Waals surface area contributed by atoms with E-state index in [4.69, 9.17) is 9.90 Å². The van der Waals surface area contributed by atoms with Gasteiger partial charge in [0.15, 0.2) is 5.16 Å². The molecule has 1 aromatic heterocycles. The molecule has 1 aromatic carbocycles. The van der Waals surface area contributed by atoms with Gasteiger partial charge in [-0.3, -0.25) is 4.79 Å². The number of rotatable bonds is 2. The largest absolute Gasteiger partial charge is 0.483 e. The Morgan fingerprint density at radius 3 is 2.19 bits per heavy atom. The molecule has 2 aromatic rings. The highest BCUT2D eigenvalue weighted by atomic mass is 32.2. The highest BCUT2D eigenvalue weighted by Gasteiger charge is 1.96. The highest BCUT2D eigenvalue weighted by Crippen LogP contribution is 2.22. The minimum atomic E-state index is -0.250. The summed E-state index contributed by atoms with van der Waals surface area (Å²) < 4.78 is 0. The van der Waals surface area contributed by atoms with E-state index in [0.717, 1.165) is 10.1 Å². The minimum Gasteiger partial charge on any atom is -0.483 e. The normalized spacial score (nSPS) is 8.75. The quantitative estimate of drug-likeness (QED) is 0.638. The Bertz CT molecular complexity index is 371. The fraction of sp³-hybridized carbons (Fsp3) is 0. The van der Waals surface area contributed by atoms with Gasteiger partial charge in [-0.1, -0.05) is 18.2 Å². The van der Waals surface area contributed by atoms with Crippen molar-refractivity contribution >= 4 is 18.2 Å². The Kier molecular flexibility index (Phi) is 5.65. The van der Waals surface area contributed by atoms with Crippen LogP contribution in [0.4, 0.5) is 0 Å². The predicted molar refractivity (Wildman–Crippen MR) is 61.3 cm³/mol. The molecule has 0 saturated heterocycles. The fourth-order valence-electron chi connectivity index (χ4n) is 0.932. The number of carbonyl (C=O) groups is 1. The minimum absolute atomic E-state index is 0.250. The molecule has 1 N–H and O–H groups in total. The molecule has 0 unspecified atom stereocenters. The van der Waals surface area contributed by atoms with Gasteiger partial charge in [0.1, 0.15) is 0 Å². The zero-order valence-electron chi connectivity index (χ0n) is 8.35. The van der Waals surface area contributed by atoms with E-state index in [9.17, 15) is 0 Å². The summed E-state index contributed by atoms with van der Waals surface area (Å²) >= 11 is 1.57. The Morgan fingerprint density at radius 1 is 1.06 bits per heavy atom. The zero-order valence-corrected chi connectivity index (χ0v) is 9.17. The first-order chi connectivity index (χ1) is 7.86. The molecule has 0 atom stereocenters. The van der Waals surface area contributed by atoms with E-state index >= 15 is 0 Å². The molecule has 5 heteroatoms. The fourth-order valence-corrected chi connectivity index (χ4v) is 1.66. The van der Waals surface area contributed by atoms with Crippen LogP contribution in [0.15, 0.2) is 58.8 Å². The van der Waals surface area contributed by atoms with E-state index in [-0.39, 0.29) is 6.47 Å². The van der Waals surface area contributed by atoms with Crippen molar-refractivity contribution in [1.29, 1.82) is 0 Å². The Labute approximate surface area is 97.4 Å². The summed E-state index contributed by atoms with van der Waals surface area (Å²) in [5.74, 6) is 0. The van der Waals surface area contributed by atoms with Crippen LogP contribution < -0.4 is 0 Å². The smallest absolute Gasteiger partial charge is 0.290 e. The van der Waals surface area contributed by atoms with Gasteiger partial charge in [-0.15, -0.1) is 0 Å². The van der Waals surface area contributed by atoms with Gasteiger partial charge >= 0.3 is 0 Å². The maximum Gasteiger partial charge on any atom is 0.290 e. The summed E-state index contributed by atoms with van der Waals surface area (Å²) in [7, 11) is 0. The van der Waals surface area contributed by atoms with E-state index in [2.05, 4.69) is 9.97 Å². The van der Waals surface area contributed by atoms with Crippen LogP contribution in [0.1, 0.15) is 0 Å². The monoisotopic (exact) mass is 234 g/mol. The van der Waals surface area contributed by atoms with Crippen LogP contribution in [0.2, 0.25) is 0 Å². The standard InChI is InChI=1S/C10H8N2S.CH2O2/c1-2-5-9(6-3-1)13-10-11-7-4-8-12-10;2-1-3/h1-8H;1H,(H,2,3). The second kappa shape index (κ2) is 7.42. The van der Waals surface area contributed by atoms with Crippen molar-refractivity contribution < 1.29 is 9.90 Å².